The number of hydrogen-bond donors (Lipinski definition) is 0. The number of hydrogen-bond acceptors (Lipinski definition) is 1. The van der Waals surface area contributed by atoms with Crippen LogP contribution in [0, 0.1) is 0 Å². The van der Waals surface area contributed by atoms with Crippen molar-refractivity contribution in [2.75, 3.05) is 0 Å². The largest absolute Gasteiger partial charge is 0.485 e. The molecule has 1 heterocycles. The molecular weight excluding hydrogens is 380 g/mol. The first-order valence-corrected chi connectivity index (χ1v) is 12.6. The molecule has 0 aromatic heterocycles. The van der Waals surface area contributed by atoms with Gasteiger partial charge in [0.15, 0.2) is 0 Å². The Labute approximate surface area is 181 Å². The normalized spacial score (nSPS) is 16.5. The van der Waals surface area contributed by atoms with Crippen molar-refractivity contribution in [2.24, 2.45) is 0 Å². The Morgan fingerprint density at radius 3 is 2.57 bits per heavy atom. The van der Waals surface area contributed by atoms with Crippen LogP contribution in [0.2, 0.25) is 13.1 Å². The van der Waals surface area contributed by atoms with Gasteiger partial charge in [-0.15, -0.1) is 0 Å². The highest BCUT2D eigenvalue weighted by molar-refractivity contribution is 6.31. The summed E-state index contributed by atoms with van der Waals surface area (Å²) in [5.41, 5.74) is 5.61. The van der Waals surface area contributed by atoms with E-state index < -0.39 is 0 Å². The van der Waals surface area contributed by atoms with Gasteiger partial charge in [-0.1, -0.05) is 91.5 Å². The van der Waals surface area contributed by atoms with Gasteiger partial charge in [0, 0.05) is 20.3 Å². The molecule has 2 aliphatic carbocycles. The summed E-state index contributed by atoms with van der Waals surface area (Å²) in [5.74, 6) is 1.05. The monoisotopic (exact) mass is 408 g/mol. The average molecular weight is 409 g/mol. The maximum absolute atomic E-state index is 5.72. The van der Waals surface area contributed by atoms with Gasteiger partial charge in [-0.25, -0.2) is 0 Å². The Bertz CT molecular complexity index is 1260. The van der Waals surface area contributed by atoms with Crippen LogP contribution in [0.3, 0.4) is 0 Å². The first-order valence-electron chi connectivity index (χ1n) is 10.6. The third-order valence-corrected chi connectivity index (χ3v) is 5.45. The molecule has 3 aromatic carbocycles. The zero-order chi connectivity index (χ0) is 21.1. The molecular formula is C28H28OSi. The van der Waals surface area contributed by atoms with Crippen LogP contribution in [0.1, 0.15) is 30.5 Å². The molecule has 0 bridgehead atoms. The lowest BCUT2D eigenvalue weighted by Gasteiger charge is -2.05. The predicted octanol–water partition coefficient (Wildman–Crippen LogP) is 5.64. The van der Waals surface area contributed by atoms with Crippen molar-refractivity contribution in [3.63, 3.8) is 0 Å². The van der Waals surface area contributed by atoms with Crippen molar-refractivity contribution >= 4 is 44.6 Å². The Hall–Kier alpha value is -2.84. The number of benzene rings is 3. The Kier molecular flexibility index (Phi) is 6.05. The topological polar surface area (TPSA) is 9.23 Å². The van der Waals surface area contributed by atoms with E-state index in [1.54, 1.807) is 0 Å². The second-order valence-corrected chi connectivity index (χ2v) is 9.02. The quantitative estimate of drug-likeness (QED) is 0.437. The molecule has 2 radical (unpaired) electrons. The van der Waals surface area contributed by atoms with Gasteiger partial charge in [-0.05, 0) is 53.5 Å². The number of rotatable bonds is 0. The molecule has 6 rings (SSSR count). The SMILES string of the molecule is CC1=Cc2ccc3ccccc3c2C1.CC1C=c2ccc3c(c2O1)C=CC=3.C[Si]C. The van der Waals surface area contributed by atoms with E-state index in [0.717, 1.165) is 21.7 Å². The fourth-order valence-electron chi connectivity index (χ4n) is 4.21. The molecule has 0 N–H and O–H groups in total. The summed E-state index contributed by atoms with van der Waals surface area (Å²) in [6.45, 7) is 8.57. The maximum Gasteiger partial charge on any atom is 0.135 e. The third kappa shape index (κ3) is 4.06. The molecule has 1 nitrogen and oxygen atoms in total. The van der Waals surface area contributed by atoms with Crippen LogP contribution in [0.4, 0.5) is 0 Å². The standard InChI is InChI=1S/C14H12.C12H10O.C2H6Si/c1-10-8-12-7-6-11-4-2-3-5-13(11)14(12)9-10;1-8-7-10-6-5-9-3-2-4-11(9)12(10)13-8;1-3-2/h2-8H,9H2,1H3;2-8H,1H3;1-2H3. The van der Waals surface area contributed by atoms with E-state index in [1.165, 1.54) is 43.5 Å². The summed E-state index contributed by atoms with van der Waals surface area (Å²) < 4.78 is 5.72. The summed E-state index contributed by atoms with van der Waals surface area (Å²) in [7, 11) is 1.08. The highest BCUT2D eigenvalue weighted by atomic mass is 28.2. The summed E-state index contributed by atoms with van der Waals surface area (Å²) in [6.07, 6.45) is 12.1. The van der Waals surface area contributed by atoms with Crippen molar-refractivity contribution in [3.05, 3.63) is 87.3 Å². The van der Waals surface area contributed by atoms with Crippen LogP contribution in [0.25, 0.3) is 35.1 Å². The second-order valence-electron chi connectivity index (χ2n) is 8.02. The molecule has 0 fully saturated rings. The van der Waals surface area contributed by atoms with E-state index in [2.05, 4.69) is 106 Å². The summed E-state index contributed by atoms with van der Waals surface area (Å²) in [4.78, 5) is 0. The van der Waals surface area contributed by atoms with Crippen molar-refractivity contribution in [1.82, 2.24) is 0 Å². The number of fused-ring (bicyclic) bond motifs is 6. The van der Waals surface area contributed by atoms with E-state index in [1.807, 2.05) is 0 Å². The van der Waals surface area contributed by atoms with Gasteiger partial charge in [-0.3, -0.25) is 0 Å². The maximum atomic E-state index is 5.72. The van der Waals surface area contributed by atoms with Gasteiger partial charge in [0.25, 0.3) is 0 Å². The molecule has 0 saturated heterocycles. The van der Waals surface area contributed by atoms with Crippen LogP contribution in [-0.2, 0) is 6.42 Å². The minimum Gasteiger partial charge on any atom is -0.485 e. The molecule has 0 amide bonds. The highest BCUT2D eigenvalue weighted by Crippen LogP contribution is 2.31. The second kappa shape index (κ2) is 8.89. The Morgan fingerprint density at radius 1 is 0.967 bits per heavy atom. The Balaban J connectivity index is 0.000000129. The van der Waals surface area contributed by atoms with Gasteiger partial charge in [0.05, 0.1) is 0 Å². The predicted molar refractivity (Wildman–Crippen MR) is 133 cm³/mol. The van der Waals surface area contributed by atoms with Gasteiger partial charge >= 0.3 is 0 Å². The van der Waals surface area contributed by atoms with Gasteiger partial charge in [0.2, 0.25) is 0 Å². The van der Waals surface area contributed by atoms with E-state index in [0.29, 0.717) is 0 Å². The number of ether oxygens (including phenoxy) is 1. The van der Waals surface area contributed by atoms with E-state index in [-0.39, 0.29) is 6.10 Å². The zero-order valence-corrected chi connectivity index (χ0v) is 19.2. The smallest absolute Gasteiger partial charge is 0.135 e. The molecule has 1 unspecified atom stereocenters. The van der Waals surface area contributed by atoms with Crippen LogP contribution in [0.15, 0.2) is 60.2 Å². The summed E-state index contributed by atoms with van der Waals surface area (Å²) in [6, 6.07) is 17.3. The van der Waals surface area contributed by atoms with Crippen LogP contribution in [-0.4, -0.2) is 15.6 Å². The molecule has 3 aliphatic rings. The minimum absolute atomic E-state index is 0.218. The van der Waals surface area contributed by atoms with Crippen molar-refractivity contribution in [1.29, 1.82) is 0 Å². The molecule has 150 valence electrons. The molecule has 1 atom stereocenters. The van der Waals surface area contributed by atoms with E-state index in [4.69, 9.17) is 4.74 Å². The van der Waals surface area contributed by atoms with Gasteiger partial charge < -0.3 is 4.74 Å². The number of allylic oxidation sites excluding steroid dienone is 2. The lowest BCUT2D eigenvalue weighted by Crippen LogP contribution is -2.11. The first kappa shape index (κ1) is 20.4. The van der Waals surface area contributed by atoms with Gasteiger partial charge in [0.1, 0.15) is 11.9 Å². The molecule has 0 spiro atoms. The zero-order valence-electron chi connectivity index (χ0n) is 18.2. The molecule has 0 saturated carbocycles. The van der Waals surface area contributed by atoms with Crippen LogP contribution in [0.5, 0.6) is 5.75 Å². The molecule has 1 aliphatic heterocycles. The van der Waals surface area contributed by atoms with Crippen LogP contribution >= 0.6 is 0 Å². The van der Waals surface area contributed by atoms with Gasteiger partial charge in [-0.2, -0.15) is 0 Å². The van der Waals surface area contributed by atoms with Crippen molar-refractivity contribution in [3.8, 4) is 5.75 Å². The van der Waals surface area contributed by atoms with Crippen molar-refractivity contribution < 1.29 is 4.74 Å². The fraction of sp³-hybridized carbons (Fsp3) is 0.214. The third-order valence-electron chi connectivity index (χ3n) is 5.45. The average Bonchev–Trinajstić information content (AvgIpc) is 3.45. The Morgan fingerprint density at radius 2 is 1.73 bits per heavy atom. The summed E-state index contributed by atoms with van der Waals surface area (Å²) in [5, 5.41) is 5.26. The highest BCUT2D eigenvalue weighted by Gasteiger charge is 2.15. The van der Waals surface area contributed by atoms with Crippen LogP contribution < -0.4 is 15.2 Å². The lowest BCUT2D eigenvalue weighted by molar-refractivity contribution is 0.295. The lowest BCUT2D eigenvalue weighted by atomic mass is 10.0. The van der Waals surface area contributed by atoms with E-state index >= 15 is 0 Å². The molecule has 30 heavy (non-hydrogen) atoms. The summed E-state index contributed by atoms with van der Waals surface area (Å²) >= 11 is 0. The van der Waals surface area contributed by atoms with E-state index in [9.17, 15) is 0 Å². The minimum atomic E-state index is 0.218. The molecule has 2 heteroatoms. The first-order chi connectivity index (χ1) is 14.6. The van der Waals surface area contributed by atoms with Crippen molar-refractivity contribution in [2.45, 2.75) is 39.5 Å². The fourth-order valence-corrected chi connectivity index (χ4v) is 4.21. The molecule has 3 aromatic rings.